The number of thioether (sulfide) groups is 1. The summed E-state index contributed by atoms with van der Waals surface area (Å²) in [5.41, 5.74) is 6.70. The fourth-order valence-electron chi connectivity index (χ4n) is 3.87. The lowest BCUT2D eigenvalue weighted by molar-refractivity contribution is -0.689. The number of aliphatic hydroxyl groups excluding tert-OH is 1. The first-order chi connectivity index (χ1) is 17.3. The number of nitrogens with zero attached hydrogens (tertiary/aromatic N) is 5. The molecule has 0 aliphatic carbocycles. The molecule has 2 aromatic rings. The fraction of sp³-hybridized carbons (Fsp3) is 0.381. The van der Waals surface area contributed by atoms with Gasteiger partial charge in [0.15, 0.2) is 24.1 Å². The maximum Gasteiger partial charge on any atom is 0.278 e. The molecule has 2 aliphatic heterocycles. The standard InChI is InChI=1S/C21H23N7O6S2/c1-34-25-13(16-24-21(22)36-26-16)17(30)23-14-18(31)28-15(20(32)33)12(10-35-19(14)28)9-27-6-4-11(5-7-27)3-2-8-29/h4-7,14,19,29H,2-3,8-10H2,1H3,(H3-,22,23,24,26,30,32,33)/t14?,19-/m0/s1. The Labute approximate surface area is 213 Å². The van der Waals surface area contributed by atoms with Gasteiger partial charge in [-0.3, -0.25) is 14.5 Å². The van der Waals surface area contributed by atoms with Crippen molar-refractivity contribution in [3.63, 3.8) is 0 Å². The fourth-order valence-corrected chi connectivity index (χ4v) is 5.64. The number of β-lactam (4-membered cyclic amide) rings is 1. The number of fused-ring (bicyclic) bond motifs is 1. The number of amides is 2. The minimum absolute atomic E-state index is 0.0474. The first-order valence-electron chi connectivity index (χ1n) is 10.8. The van der Waals surface area contributed by atoms with E-state index in [0.717, 1.165) is 28.4 Å². The number of hydrogen-bond acceptors (Lipinski definition) is 12. The van der Waals surface area contributed by atoms with Crippen LogP contribution < -0.4 is 20.7 Å². The Hall–Kier alpha value is -3.56. The third-order valence-electron chi connectivity index (χ3n) is 5.54. The van der Waals surface area contributed by atoms with E-state index in [2.05, 4.69) is 19.8 Å². The normalized spacial score (nSPS) is 19.6. The smallest absolute Gasteiger partial charge is 0.278 e. The third kappa shape index (κ3) is 5.17. The molecular formula is C21H23N7O6S2. The highest BCUT2D eigenvalue weighted by Gasteiger charge is 2.53. The first kappa shape index (κ1) is 25.5. The number of carboxylic acids is 1. The van der Waals surface area contributed by atoms with Gasteiger partial charge in [0.2, 0.25) is 11.5 Å². The molecular weight excluding hydrogens is 510 g/mol. The van der Waals surface area contributed by atoms with Crippen LogP contribution in [0.25, 0.3) is 0 Å². The molecule has 36 heavy (non-hydrogen) atoms. The molecule has 2 atom stereocenters. The van der Waals surface area contributed by atoms with E-state index in [1.54, 1.807) is 0 Å². The molecule has 190 valence electrons. The van der Waals surface area contributed by atoms with Crippen LogP contribution in [0.4, 0.5) is 5.13 Å². The van der Waals surface area contributed by atoms with Gasteiger partial charge in [0.25, 0.3) is 11.8 Å². The Morgan fingerprint density at radius 1 is 1.42 bits per heavy atom. The SMILES string of the molecule is CON=C(C(=O)NC1C(=O)N2C(C(=O)[O-])=C(C[n+]3ccc(CCCO)cc3)CS[C@@H]12)c1nsc(N)n1. The molecule has 1 unspecified atom stereocenters. The van der Waals surface area contributed by atoms with Crippen molar-refractivity contribution < 1.29 is 34.0 Å². The van der Waals surface area contributed by atoms with E-state index >= 15 is 0 Å². The van der Waals surface area contributed by atoms with Gasteiger partial charge in [0.05, 0.1) is 11.7 Å². The van der Waals surface area contributed by atoms with E-state index in [0.29, 0.717) is 17.7 Å². The number of aromatic nitrogens is 3. The summed E-state index contributed by atoms with van der Waals surface area (Å²) in [7, 11) is 1.25. The molecule has 0 spiro atoms. The number of rotatable bonds is 10. The number of hydrogen-bond donors (Lipinski definition) is 3. The van der Waals surface area contributed by atoms with E-state index in [-0.39, 0.29) is 35.5 Å². The molecule has 13 nitrogen and oxygen atoms in total. The Morgan fingerprint density at radius 2 is 2.17 bits per heavy atom. The number of carbonyl (C=O) groups is 3. The molecule has 1 saturated heterocycles. The number of aryl methyl sites for hydroxylation is 1. The van der Waals surface area contributed by atoms with Crippen molar-refractivity contribution >= 4 is 51.9 Å². The zero-order valence-corrected chi connectivity index (χ0v) is 20.8. The Kier molecular flexibility index (Phi) is 7.81. The Bertz CT molecular complexity index is 1230. The van der Waals surface area contributed by atoms with Gasteiger partial charge in [-0.1, -0.05) is 5.16 Å². The predicted octanol–water partition coefficient (Wildman–Crippen LogP) is -2.21. The topological polar surface area (TPSA) is 187 Å². The van der Waals surface area contributed by atoms with Crippen molar-refractivity contribution in [3.05, 3.63) is 47.2 Å². The number of anilines is 1. The van der Waals surface area contributed by atoms with Crippen LogP contribution in [0.2, 0.25) is 0 Å². The van der Waals surface area contributed by atoms with Gasteiger partial charge >= 0.3 is 0 Å². The summed E-state index contributed by atoms with van der Waals surface area (Å²) in [4.78, 5) is 47.5. The number of aliphatic carboxylic acids is 1. The number of aliphatic hydroxyl groups is 1. The van der Waals surface area contributed by atoms with Crippen molar-refractivity contribution in [3.8, 4) is 0 Å². The molecule has 4 heterocycles. The predicted molar refractivity (Wildman–Crippen MR) is 127 cm³/mol. The molecule has 0 bridgehead atoms. The average molecular weight is 534 g/mol. The van der Waals surface area contributed by atoms with E-state index in [1.165, 1.54) is 18.9 Å². The highest BCUT2D eigenvalue weighted by atomic mass is 32.2. The third-order valence-corrected chi connectivity index (χ3v) is 7.42. The second-order valence-electron chi connectivity index (χ2n) is 7.89. The maximum atomic E-state index is 12.9. The molecule has 1 fully saturated rings. The zero-order chi connectivity index (χ0) is 25.8. The lowest BCUT2D eigenvalue weighted by atomic mass is 10.0. The maximum absolute atomic E-state index is 12.9. The molecule has 4 rings (SSSR count). The summed E-state index contributed by atoms with van der Waals surface area (Å²) in [5, 5.41) is 26.7. The second kappa shape index (κ2) is 11.0. The van der Waals surface area contributed by atoms with Crippen LogP contribution in [0.5, 0.6) is 0 Å². The van der Waals surface area contributed by atoms with Gasteiger partial charge in [0.1, 0.15) is 18.5 Å². The highest BCUT2D eigenvalue weighted by molar-refractivity contribution is 8.00. The lowest BCUT2D eigenvalue weighted by Gasteiger charge is -2.50. The number of nitrogen functional groups attached to an aromatic ring is 1. The van der Waals surface area contributed by atoms with Crippen molar-refractivity contribution in [2.24, 2.45) is 5.16 Å². The molecule has 0 aromatic carbocycles. The van der Waals surface area contributed by atoms with E-state index < -0.39 is 29.2 Å². The van der Waals surface area contributed by atoms with Crippen molar-refractivity contribution in [1.82, 2.24) is 19.6 Å². The summed E-state index contributed by atoms with van der Waals surface area (Å²) >= 11 is 2.21. The van der Waals surface area contributed by atoms with Crippen LogP contribution in [-0.2, 0) is 32.2 Å². The lowest BCUT2D eigenvalue weighted by Crippen LogP contribution is -2.71. The van der Waals surface area contributed by atoms with Crippen LogP contribution in [-0.4, -0.2) is 73.7 Å². The van der Waals surface area contributed by atoms with Crippen LogP contribution >= 0.6 is 23.3 Å². The van der Waals surface area contributed by atoms with E-state index in [9.17, 15) is 19.5 Å². The van der Waals surface area contributed by atoms with Crippen LogP contribution in [0.1, 0.15) is 17.8 Å². The van der Waals surface area contributed by atoms with Crippen molar-refractivity contribution in [1.29, 1.82) is 0 Å². The minimum atomic E-state index is -1.46. The number of pyridine rings is 1. The van der Waals surface area contributed by atoms with Gasteiger partial charge in [-0.15, -0.1) is 11.8 Å². The van der Waals surface area contributed by atoms with Gasteiger partial charge < -0.3 is 30.9 Å². The number of carboxylic acid groups (broad SMARTS) is 1. The van der Waals surface area contributed by atoms with E-state index in [4.69, 9.17) is 15.7 Å². The van der Waals surface area contributed by atoms with Crippen LogP contribution in [0.15, 0.2) is 41.0 Å². The number of nitrogens with one attached hydrogen (secondary N) is 1. The molecule has 2 aromatic heterocycles. The largest absolute Gasteiger partial charge is 0.543 e. The van der Waals surface area contributed by atoms with Gasteiger partial charge in [-0.25, -0.2) is 4.57 Å². The molecule has 0 radical (unpaired) electrons. The summed E-state index contributed by atoms with van der Waals surface area (Å²) in [6.07, 6.45) is 5.03. The number of nitrogens with two attached hydrogens (primary N) is 1. The Balaban J connectivity index is 1.49. The number of oxime groups is 1. The molecule has 2 aliphatic rings. The van der Waals surface area contributed by atoms with Crippen LogP contribution in [0.3, 0.4) is 0 Å². The number of carbonyl (C=O) groups excluding carboxylic acids is 3. The monoisotopic (exact) mass is 533 g/mol. The quantitative estimate of drug-likeness (QED) is 0.131. The summed E-state index contributed by atoms with van der Waals surface area (Å²) in [6.45, 7) is 0.364. The van der Waals surface area contributed by atoms with Crippen molar-refractivity contribution in [2.45, 2.75) is 30.8 Å². The molecule has 0 saturated carbocycles. The first-order valence-corrected chi connectivity index (χ1v) is 12.6. The van der Waals surface area contributed by atoms with Gasteiger partial charge in [-0.2, -0.15) is 9.36 Å². The minimum Gasteiger partial charge on any atom is -0.543 e. The summed E-state index contributed by atoms with van der Waals surface area (Å²) < 4.78 is 5.75. The molecule has 15 heteroatoms. The Morgan fingerprint density at radius 3 is 2.78 bits per heavy atom. The second-order valence-corrected chi connectivity index (χ2v) is 9.77. The van der Waals surface area contributed by atoms with E-state index in [1.807, 2.05) is 29.1 Å². The molecule has 2 amide bonds. The average Bonchev–Trinajstić information content (AvgIpc) is 3.30. The van der Waals surface area contributed by atoms with Gasteiger partial charge in [0, 0.05) is 41.6 Å². The van der Waals surface area contributed by atoms with Crippen LogP contribution in [0, 0.1) is 0 Å². The highest BCUT2D eigenvalue weighted by Crippen LogP contribution is 2.40. The summed E-state index contributed by atoms with van der Waals surface area (Å²) in [5.74, 6) is -2.52. The van der Waals surface area contributed by atoms with Crippen molar-refractivity contribution in [2.75, 3.05) is 25.2 Å². The zero-order valence-electron chi connectivity index (χ0n) is 19.1. The summed E-state index contributed by atoms with van der Waals surface area (Å²) in [6, 6.07) is 2.82. The molecule has 4 N–H and O–H groups in total. The van der Waals surface area contributed by atoms with Gasteiger partial charge in [-0.05, 0) is 18.4 Å².